The summed E-state index contributed by atoms with van der Waals surface area (Å²) in [6.07, 6.45) is 8.42. The molecule has 0 aromatic carbocycles. The van der Waals surface area contributed by atoms with Crippen molar-refractivity contribution in [3.05, 3.63) is 36.2 Å². The van der Waals surface area contributed by atoms with Crippen molar-refractivity contribution in [1.82, 2.24) is 19.7 Å². The van der Waals surface area contributed by atoms with E-state index in [0.717, 1.165) is 31.4 Å². The van der Waals surface area contributed by atoms with E-state index < -0.39 is 5.54 Å². The zero-order valence-corrected chi connectivity index (χ0v) is 18.9. The highest BCUT2D eigenvalue weighted by Gasteiger charge is 2.48. The lowest BCUT2D eigenvalue weighted by atomic mass is 9.93. The summed E-state index contributed by atoms with van der Waals surface area (Å²) < 4.78 is 7.54. The van der Waals surface area contributed by atoms with Crippen LogP contribution < -0.4 is 5.32 Å². The molecule has 0 bridgehead atoms. The number of furan rings is 1. The fourth-order valence-corrected chi connectivity index (χ4v) is 4.83. The van der Waals surface area contributed by atoms with Crippen LogP contribution in [0.15, 0.2) is 34.9 Å². The van der Waals surface area contributed by atoms with Gasteiger partial charge in [-0.05, 0) is 58.1 Å². The molecule has 4 rings (SSSR count). The Morgan fingerprint density at radius 1 is 1.16 bits per heavy atom. The van der Waals surface area contributed by atoms with Gasteiger partial charge in [0.1, 0.15) is 17.0 Å². The van der Waals surface area contributed by atoms with Crippen molar-refractivity contribution < 1.29 is 14.0 Å². The minimum atomic E-state index is -0.966. The van der Waals surface area contributed by atoms with E-state index in [4.69, 9.17) is 4.42 Å². The van der Waals surface area contributed by atoms with Crippen molar-refractivity contribution in [2.75, 3.05) is 27.2 Å². The summed E-state index contributed by atoms with van der Waals surface area (Å²) in [5, 5.41) is 3.30. The second-order valence-electron chi connectivity index (χ2n) is 9.36. The topological polar surface area (TPSA) is 70.7 Å². The molecule has 7 heteroatoms. The fourth-order valence-electron chi connectivity index (χ4n) is 4.83. The fraction of sp³-hybridized carbons (Fsp3) is 0.583. The van der Waals surface area contributed by atoms with Crippen molar-refractivity contribution >= 4 is 11.8 Å². The highest BCUT2D eigenvalue weighted by atomic mass is 16.3. The number of aromatic nitrogens is 1. The van der Waals surface area contributed by atoms with Crippen LogP contribution in [0.1, 0.15) is 55.9 Å². The van der Waals surface area contributed by atoms with E-state index >= 15 is 0 Å². The molecule has 0 radical (unpaired) electrons. The Kier molecular flexibility index (Phi) is 6.23. The summed E-state index contributed by atoms with van der Waals surface area (Å²) in [5.74, 6) is 0.535. The van der Waals surface area contributed by atoms with Crippen molar-refractivity contribution in [2.45, 2.75) is 63.6 Å². The molecule has 7 nitrogen and oxygen atoms in total. The monoisotopic (exact) mass is 426 g/mol. The third kappa shape index (κ3) is 4.28. The molecule has 3 heterocycles. The Morgan fingerprint density at radius 3 is 2.52 bits per heavy atom. The van der Waals surface area contributed by atoms with E-state index in [2.05, 4.69) is 5.32 Å². The molecule has 2 amide bonds. The smallest absolute Gasteiger partial charge is 0.271 e. The van der Waals surface area contributed by atoms with Gasteiger partial charge in [-0.2, -0.15) is 0 Å². The second kappa shape index (κ2) is 8.91. The molecular formula is C24H34N4O3. The molecule has 1 aliphatic carbocycles. The van der Waals surface area contributed by atoms with Crippen LogP contribution in [0.3, 0.4) is 0 Å². The number of carbonyl (C=O) groups excluding carboxylic acids is 2. The maximum absolute atomic E-state index is 13.7. The van der Waals surface area contributed by atoms with Crippen LogP contribution in [0.2, 0.25) is 0 Å². The van der Waals surface area contributed by atoms with Crippen molar-refractivity contribution in [2.24, 2.45) is 0 Å². The molecule has 2 aromatic rings. The van der Waals surface area contributed by atoms with Crippen molar-refractivity contribution in [1.29, 1.82) is 0 Å². The molecule has 0 unspecified atom stereocenters. The van der Waals surface area contributed by atoms with Gasteiger partial charge in [-0.25, -0.2) is 0 Å². The second-order valence-corrected chi connectivity index (χ2v) is 9.36. The molecule has 2 aliphatic rings. The summed E-state index contributed by atoms with van der Waals surface area (Å²) in [7, 11) is 3.96. The number of hydrogen-bond acceptors (Lipinski definition) is 4. The molecule has 0 spiro atoms. The van der Waals surface area contributed by atoms with Crippen molar-refractivity contribution in [3.8, 4) is 11.5 Å². The largest absolute Gasteiger partial charge is 0.463 e. The van der Waals surface area contributed by atoms with Gasteiger partial charge < -0.3 is 24.1 Å². The lowest BCUT2D eigenvalue weighted by Gasteiger charge is -2.45. The van der Waals surface area contributed by atoms with Gasteiger partial charge in [0.05, 0.1) is 18.5 Å². The Hall–Kier alpha value is -2.54. The number of carbonyl (C=O) groups is 2. The molecular weight excluding hydrogens is 392 g/mol. The molecule has 1 aliphatic heterocycles. The van der Waals surface area contributed by atoms with E-state index in [9.17, 15) is 9.59 Å². The van der Waals surface area contributed by atoms with Crippen LogP contribution >= 0.6 is 0 Å². The lowest BCUT2D eigenvalue weighted by Crippen LogP contribution is -2.65. The molecule has 1 atom stereocenters. The summed E-state index contributed by atoms with van der Waals surface area (Å²) >= 11 is 0. The number of nitrogens with zero attached hydrogens (tertiary/aromatic N) is 3. The zero-order valence-electron chi connectivity index (χ0n) is 18.9. The maximum atomic E-state index is 13.7. The first-order chi connectivity index (χ1) is 14.9. The highest BCUT2D eigenvalue weighted by molar-refractivity contribution is 6.00. The van der Waals surface area contributed by atoms with Crippen molar-refractivity contribution in [3.63, 3.8) is 0 Å². The molecule has 1 N–H and O–H groups in total. The van der Waals surface area contributed by atoms with Gasteiger partial charge in [0.2, 0.25) is 5.91 Å². The minimum Gasteiger partial charge on any atom is -0.463 e. The zero-order chi connectivity index (χ0) is 22.0. The van der Waals surface area contributed by atoms with Gasteiger partial charge in [-0.3, -0.25) is 9.59 Å². The SMILES string of the molecule is CN(C)CCN1C(=O)c2ccc(-c3ccco3)n2C[C@]1(C)C(=O)NC1CCCCCC1. The van der Waals surface area contributed by atoms with Crippen LogP contribution in [0.5, 0.6) is 0 Å². The first kappa shape index (κ1) is 21.7. The van der Waals surface area contributed by atoms with E-state index in [0.29, 0.717) is 31.1 Å². The summed E-state index contributed by atoms with van der Waals surface area (Å²) in [4.78, 5) is 31.0. The summed E-state index contributed by atoms with van der Waals surface area (Å²) in [6.45, 7) is 3.51. The lowest BCUT2D eigenvalue weighted by molar-refractivity contribution is -0.133. The number of rotatable bonds is 6. The van der Waals surface area contributed by atoms with Crippen LogP contribution in [0, 0.1) is 0 Å². The Morgan fingerprint density at radius 2 is 1.87 bits per heavy atom. The Labute approximate surface area is 184 Å². The average molecular weight is 427 g/mol. The van der Waals surface area contributed by atoms with Gasteiger partial charge in [0.15, 0.2) is 0 Å². The predicted octanol–water partition coefficient (Wildman–Crippen LogP) is 3.36. The summed E-state index contributed by atoms with van der Waals surface area (Å²) in [5.41, 5.74) is 0.464. The normalized spacial score (nSPS) is 22.5. The minimum absolute atomic E-state index is 0.0590. The number of fused-ring (bicyclic) bond motifs is 1. The number of likely N-dealkylation sites (N-methyl/N-ethyl adjacent to an activating group) is 1. The van der Waals surface area contributed by atoms with Gasteiger partial charge in [-0.1, -0.05) is 25.7 Å². The standard InChI is InChI=1S/C24H34N4O3/c1-24(23(30)25-18-9-6-4-5-7-10-18)17-27-19(21-11-8-16-31-21)12-13-20(27)22(29)28(24)15-14-26(2)3/h8,11-13,16,18H,4-7,9-10,14-15,17H2,1-3H3,(H,25,30)/t24-/m1/s1. The highest BCUT2D eigenvalue weighted by Crippen LogP contribution is 2.33. The van der Waals surface area contributed by atoms with E-state index in [-0.39, 0.29) is 17.9 Å². The molecule has 1 saturated carbocycles. The van der Waals surface area contributed by atoms with Gasteiger partial charge in [0, 0.05) is 19.1 Å². The molecule has 2 aromatic heterocycles. The third-order valence-corrected chi connectivity index (χ3v) is 6.73. The van der Waals surface area contributed by atoms with Gasteiger partial charge >= 0.3 is 0 Å². The van der Waals surface area contributed by atoms with E-state index in [1.54, 1.807) is 11.2 Å². The maximum Gasteiger partial charge on any atom is 0.271 e. The molecule has 1 fully saturated rings. The van der Waals surface area contributed by atoms with Gasteiger partial charge in [0.25, 0.3) is 5.91 Å². The van der Waals surface area contributed by atoms with Crippen LogP contribution in [-0.4, -0.2) is 64.9 Å². The third-order valence-electron chi connectivity index (χ3n) is 6.73. The van der Waals surface area contributed by atoms with E-state index in [1.807, 2.05) is 54.8 Å². The Bertz CT molecular complexity index is 909. The Balaban J connectivity index is 1.66. The summed E-state index contributed by atoms with van der Waals surface area (Å²) in [6, 6.07) is 7.65. The first-order valence-electron chi connectivity index (χ1n) is 11.4. The van der Waals surface area contributed by atoms with Crippen LogP contribution in [0.25, 0.3) is 11.5 Å². The number of nitrogens with one attached hydrogen (secondary N) is 1. The predicted molar refractivity (Wildman–Crippen MR) is 120 cm³/mol. The quantitative estimate of drug-likeness (QED) is 0.719. The number of amides is 2. The average Bonchev–Trinajstić information content (AvgIpc) is 3.32. The number of hydrogen-bond donors (Lipinski definition) is 1. The molecule has 0 saturated heterocycles. The van der Waals surface area contributed by atoms with Crippen LogP contribution in [-0.2, 0) is 11.3 Å². The first-order valence-corrected chi connectivity index (χ1v) is 11.4. The molecule has 168 valence electrons. The van der Waals surface area contributed by atoms with Gasteiger partial charge in [-0.15, -0.1) is 0 Å². The van der Waals surface area contributed by atoms with E-state index in [1.165, 1.54) is 12.8 Å². The molecule has 31 heavy (non-hydrogen) atoms. The van der Waals surface area contributed by atoms with Crippen LogP contribution in [0.4, 0.5) is 0 Å².